The molecule has 0 aliphatic rings. The molecule has 2 aromatic rings. The number of aromatic nitrogens is 1. The van der Waals surface area contributed by atoms with Crippen LogP contribution in [0.5, 0.6) is 11.5 Å². The molecule has 0 aliphatic carbocycles. The number of fused-ring (bicyclic) bond motifs is 1. The van der Waals surface area contributed by atoms with Crippen LogP contribution < -0.4 is 15.1 Å². The van der Waals surface area contributed by atoms with E-state index in [1.54, 1.807) is 19.2 Å². The zero-order valence-corrected chi connectivity index (χ0v) is 11.4. The molecule has 0 fully saturated rings. The first-order chi connectivity index (χ1) is 9.19. The molecule has 2 rings (SSSR count). The molecule has 1 heterocycles. The summed E-state index contributed by atoms with van der Waals surface area (Å²) in [5, 5.41) is 0.351. The molecule has 19 heavy (non-hydrogen) atoms. The highest BCUT2D eigenvalue weighted by atomic mass is 16.5. The third-order valence-corrected chi connectivity index (χ3v) is 2.91. The van der Waals surface area contributed by atoms with E-state index in [9.17, 15) is 4.79 Å². The summed E-state index contributed by atoms with van der Waals surface area (Å²) < 4.78 is 15.6. The van der Waals surface area contributed by atoms with E-state index in [1.165, 1.54) is 7.11 Å². The highest BCUT2D eigenvalue weighted by Crippen LogP contribution is 2.27. The number of unbranched alkanes of at least 4 members (excludes halogenated alkanes) is 1. The number of ether oxygens (including phenoxy) is 2. The quantitative estimate of drug-likeness (QED) is 0.829. The number of hydrogen-bond donors (Lipinski definition) is 0. The summed E-state index contributed by atoms with van der Waals surface area (Å²) >= 11 is 0. The highest BCUT2D eigenvalue weighted by Gasteiger charge is 2.13. The average Bonchev–Trinajstić information content (AvgIpc) is 2.43. The lowest BCUT2D eigenvalue weighted by Gasteiger charge is -2.08. The zero-order chi connectivity index (χ0) is 13.8. The maximum Gasteiger partial charge on any atom is 0.350 e. The highest BCUT2D eigenvalue weighted by molar-refractivity contribution is 5.85. The van der Waals surface area contributed by atoms with Crippen LogP contribution in [0.4, 0.5) is 0 Å². The van der Waals surface area contributed by atoms with Crippen LogP contribution in [0, 0.1) is 0 Å². The Kier molecular flexibility index (Phi) is 4.04. The summed E-state index contributed by atoms with van der Waals surface area (Å²) in [6, 6.07) is 3.36. The maximum atomic E-state index is 12.0. The minimum atomic E-state index is -0.421. The van der Waals surface area contributed by atoms with Gasteiger partial charge in [0.2, 0.25) is 0 Å². The van der Waals surface area contributed by atoms with Crippen LogP contribution in [0.25, 0.3) is 10.9 Å². The molecular weight excluding hydrogens is 246 g/mol. The molecule has 0 aliphatic heterocycles. The van der Waals surface area contributed by atoms with E-state index in [0.717, 1.165) is 12.8 Å². The molecule has 0 bridgehead atoms. The van der Waals surface area contributed by atoms with Gasteiger partial charge in [0.15, 0.2) is 5.89 Å². The topological polar surface area (TPSA) is 61.6 Å². The molecule has 5 nitrogen and oxygen atoms in total. The van der Waals surface area contributed by atoms with Crippen LogP contribution in [0.1, 0.15) is 25.7 Å². The van der Waals surface area contributed by atoms with Crippen molar-refractivity contribution in [3.63, 3.8) is 0 Å². The minimum Gasteiger partial charge on any atom is -0.497 e. The maximum absolute atomic E-state index is 12.0. The van der Waals surface area contributed by atoms with Gasteiger partial charge in [0.1, 0.15) is 16.9 Å². The normalized spacial score (nSPS) is 10.7. The second-order valence-electron chi connectivity index (χ2n) is 4.22. The molecule has 0 unspecified atom stereocenters. The molecule has 102 valence electrons. The van der Waals surface area contributed by atoms with E-state index in [4.69, 9.17) is 13.9 Å². The van der Waals surface area contributed by atoms with Crippen LogP contribution in [-0.4, -0.2) is 19.2 Å². The lowest BCUT2D eigenvalue weighted by Crippen LogP contribution is -2.07. The van der Waals surface area contributed by atoms with Crippen molar-refractivity contribution < 1.29 is 13.9 Å². The fraction of sp³-hybridized carbons (Fsp3) is 0.429. The van der Waals surface area contributed by atoms with Crippen molar-refractivity contribution in [1.29, 1.82) is 0 Å². The Morgan fingerprint density at radius 3 is 2.68 bits per heavy atom. The number of methoxy groups -OCH3 is 2. The van der Waals surface area contributed by atoms with E-state index in [-0.39, 0.29) is 0 Å². The van der Waals surface area contributed by atoms with E-state index in [2.05, 4.69) is 11.9 Å². The molecule has 1 aromatic heterocycles. The number of aryl methyl sites for hydroxylation is 1. The van der Waals surface area contributed by atoms with Crippen LogP contribution in [0.3, 0.4) is 0 Å². The predicted octanol–water partition coefficient (Wildman–Crippen LogP) is 2.55. The van der Waals surface area contributed by atoms with Gasteiger partial charge in [0.25, 0.3) is 0 Å². The van der Waals surface area contributed by atoms with Crippen LogP contribution >= 0.6 is 0 Å². The predicted molar refractivity (Wildman–Crippen MR) is 72.0 cm³/mol. The molecule has 0 amide bonds. The van der Waals surface area contributed by atoms with Crippen molar-refractivity contribution in [2.75, 3.05) is 14.2 Å². The molecule has 5 heteroatoms. The SMILES string of the molecule is CCCCc1nc2cc(OC)cc(OC)c2c(=O)o1. The standard InChI is InChI=1S/C14H17NO4/c1-4-5-6-12-15-10-7-9(17-2)8-11(18-3)13(10)14(16)19-12/h7-8H,4-6H2,1-3H3. The van der Waals surface area contributed by atoms with E-state index < -0.39 is 5.63 Å². The molecule has 1 aromatic carbocycles. The Hall–Kier alpha value is -2.04. The third kappa shape index (κ3) is 2.70. The molecule has 0 radical (unpaired) electrons. The monoisotopic (exact) mass is 263 g/mol. The molecular formula is C14H17NO4. The Bertz CT molecular complexity index is 633. The number of hydrogen-bond acceptors (Lipinski definition) is 5. The summed E-state index contributed by atoms with van der Waals surface area (Å²) in [6.45, 7) is 2.07. The lowest BCUT2D eigenvalue weighted by atomic mass is 10.2. The van der Waals surface area contributed by atoms with Crippen LogP contribution in [-0.2, 0) is 6.42 Å². The van der Waals surface area contributed by atoms with Crippen molar-refractivity contribution in [3.05, 3.63) is 28.4 Å². The van der Waals surface area contributed by atoms with E-state index in [0.29, 0.717) is 34.7 Å². The molecule has 0 N–H and O–H groups in total. The van der Waals surface area contributed by atoms with Gasteiger partial charge in [0.05, 0.1) is 19.7 Å². The van der Waals surface area contributed by atoms with Gasteiger partial charge < -0.3 is 13.9 Å². The zero-order valence-electron chi connectivity index (χ0n) is 11.4. The van der Waals surface area contributed by atoms with E-state index in [1.807, 2.05) is 0 Å². The second kappa shape index (κ2) is 5.73. The van der Waals surface area contributed by atoms with Crippen molar-refractivity contribution in [3.8, 4) is 11.5 Å². The minimum absolute atomic E-state index is 0.351. The Balaban J connectivity index is 2.62. The Labute approximate surface area is 111 Å². The fourth-order valence-corrected chi connectivity index (χ4v) is 1.90. The first-order valence-electron chi connectivity index (χ1n) is 6.25. The third-order valence-electron chi connectivity index (χ3n) is 2.91. The number of benzene rings is 1. The summed E-state index contributed by atoms with van der Waals surface area (Å²) in [5.74, 6) is 1.47. The first kappa shape index (κ1) is 13.4. The molecule has 0 saturated heterocycles. The van der Waals surface area contributed by atoms with Crippen molar-refractivity contribution in [1.82, 2.24) is 4.98 Å². The summed E-state index contributed by atoms with van der Waals surface area (Å²) in [6.07, 6.45) is 2.61. The lowest BCUT2D eigenvalue weighted by molar-refractivity contribution is 0.393. The molecule has 0 saturated carbocycles. The largest absolute Gasteiger partial charge is 0.497 e. The van der Waals surface area contributed by atoms with Gasteiger partial charge in [-0.25, -0.2) is 9.78 Å². The number of rotatable bonds is 5. The summed E-state index contributed by atoms with van der Waals surface area (Å²) in [5.41, 5.74) is 0.120. The Morgan fingerprint density at radius 2 is 2.05 bits per heavy atom. The smallest absolute Gasteiger partial charge is 0.350 e. The van der Waals surface area contributed by atoms with Gasteiger partial charge in [-0.1, -0.05) is 13.3 Å². The van der Waals surface area contributed by atoms with Gasteiger partial charge in [-0.15, -0.1) is 0 Å². The average molecular weight is 263 g/mol. The molecule has 0 spiro atoms. The van der Waals surface area contributed by atoms with Crippen molar-refractivity contribution in [2.24, 2.45) is 0 Å². The number of nitrogens with zero attached hydrogens (tertiary/aromatic N) is 1. The van der Waals surface area contributed by atoms with E-state index >= 15 is 0 Å². The second-order valence-corrected chi connectivity index (χ2v) is 4.22. The van der Waals surface area contributed by atoms with Crippen LogP contribution in [0.2, 0.25) is 0 Å². The Morgan fingerprint density at radius 1 is 1.26 bits per heavy atom. The summed E-state index contributed by atoms with van der Waals surface area (Å²) in [7, 11) is 3.06. The van der Waals surface area contributed by atoms with Crippen LogP contribution in [0.15, 0.2) is 21.3 Å². The van der Waals surface area contributed by atoms with Gasteiger partial charge in [-0.05, 0) is 6.42 Å². The van der Waals surface area contributed by atoms with Gasteiger partial charge >= 0.3 is 5.63 Å². The van der Waals surface area contributed by atoms with Crippen molar-refractivity contribution in [2.45, 2.75) is 26.2 Å². The summed E-state index contributed by atoms with van der Waals surface area (Å²) in [4.78, 5) is 16.4. The fourth-order valence-electron chi connectivity index (χ4n) is 1.90. The van der Waals surface area contributed by atoms with Gasteiger partial charge in [-0.2, -0.15) is 0 Å². The van der Waals surface area contributed by atoms with Crippen molar-refractivity contribution >= 4 is 10.9 Å². The van der Waals surface area contributed by atoms with Gasteiger partial charge in [-0.3, -0.25) is 0 Å². The van der Waals surface area contributed by atoms with Gasteiger partial charge in [0, 0.05) is 18.6 Å². The molecule has 0 atom stereocenters. The first-order valence-corrected chi connectivity index (χ1v) is 6.25.